The van der Waals surface area contributed by atoms with E-state index in [0.29, 0.717) is 24.8 Å². The van der Waals surface area contributed by atoms with Crippen LogP contribution in [0.2, 0.25) is 0 Å². The van der Waals surface area contributed by atoms with Gasteiger partial charge in [0.25, 0.3) is 10.2 Å². The molecule has 0 radical (unpaired) electrons. The highest BCUT2D eigenvalue weighted by Crippen LogP contribution is 2.40. The van der Waals surface area contributed by atoms with Gasteiger partial charge in [0.1, 0.15) is 5.82 Å². The van der Waals surface area contributed by atoms with E-state index in [-0.39, 0.29) is 6.54 Å². The summed E-state index contributed by atoms with van der Waals surface area (Å²) in [6.07, 6.45) is 2.21. The topological polar surface area (TPSA) is 80.1 Å². The number of nitrogens with one attached hydrogen (secondary N) is 1. The Morgan fingerprint density at radius 3 is 2.42 bits per heavy atom. The average Bonchev–Trinajstić information content (AvgIpc) is 3.34. The normalized spacial score (nSPS) is 15.1. The molecular weight excluding hydrogens is 326 g/mol. The van der Waals surface area contributed by atoms with E-state index in [1.807, 2.05) is 48.7 Å². The van der Waals surface area contributed by atoms with Gasteiger partial charge in [0, 0.05) is 24.7 Å². The monoisotopic (exact) mass is 349 g/mol. The predicted molar refractivity (Wildman–Crippen MR) is 92.0 cm³/mol. The lowest BCUT2D eigenvalue weighted by atomic mass is 10.3. The SMILES string of the molecule is CCN(CC)S(=O)(=O)NCc1nnc(C2CC2)n1-c1ccccc1. The summed E-state index contributed by atoms with van der Waals surface area (Å²) in [5.74, 6) is 1.95. The van der Waals surface area contributed by atoms with Gasteiger partial charge >= 0.3 is 0 Å². The Balaban J connectivity index is 1.87. The Kier molecular flexibility index (Phi) is 4.98. The molecule has 0 spiro atoms. The molecule has 1 fully saturated rings. The quantitative estimate of drug-likeness (QED) is 0.788. The fourth-order valence-electron chi connectivity index (χ4n) is 2.72. The predicted octanol–water partition coefficient (Wildman–Crippen LogP) is 1.82. The van der Waals surface area contributed by atoms with Crippen molar-refractivity contribution in [3.8, 4) is 5.69 Å². The molecule has 1 aromatic heterocycles. The molecule has 0 bridgehead atoms. The molecule has 130 valence electrons. The molecule has 3 rings (SSSR count). The number of nitrogens with zero attached hydrogens (tertiary/aromatic N) is 4. The van der Waals surface area contributed by atoms with Crippen molar-refractivity contribution in [2.45, 2.75) is 39.2 Å². The zero-order chi connectivity index (χ0) is 17.2. The smallest absolute Gasteiger partial charge is 0.279 e. The van der Waals surface area contributed by atoms with Crippen molar-refractivity contribution in [3.05, 3.63) is 42.0 Å². The number of rotatable bonds is 8. The summed E-state index contributed by atoms with van der Waals surface area (Å²) in [5, 5.41) is 8.54. The largest absolute Gasteiger partial charge is 0.282 e. The maximum absolute atomic E-state index is 12.3. The first-order chi connectivity index (χ1) is 11.6. The Labute approximate surface area is 142 Å². The minimum Gasteiger partial charge on any atom is -0.282 e. The molecule has 24 heavy (non-hydrogen) atoms. The second-order valence-corrected chi connectivity index (χ2v) is 7.59. The Morgan fingerprint density at radius 1 is 1.17 bits per heavy atom. The van der Waals surface area contributed by atoms with Crippen LogP contribution in [-0.2, 0) is 16.8 Å². The van der Waals surface area contributed by atoms with Gasteiger partial charge < -0.3 is 0 Å². The van der Waals surface area contributed by atoms with Crippen LogP contribution in [0.3, 0.4) is 0 Å². The van der Waals surface area contributed by atoms with Gasteiger partial charge in [-0.15, -0.1) is 10.2 Å². The molecule has 0 aliphatic heterocycles. The van der Waals surface area contributed by atoms with E-state index < -0.39 is 10.2 Å². The van der Waals surface area contributed by atoms with Crippen molar-refractivity contribution in [2.24, 2.45) is 0 Å². The van der Waals surface area contributed by atoms with E-state index in [4.69, 9.17) is 0 Å². The number of aromatic nitrogens is 3. The van der Waals surface area contributed by atoms with Gasteiger partial charge in [0.2, 0.25) is 0 Å². The zero-order valence-corrected chi connectivity index (χ0v) is 14.8. The van der Waals surface area contributed by atoms with Gasteiger partial charge in [-0.1, -0.05) is 32.0 Å². The zero-order valence-electron chi connectivity index (χ0n) is 14.0. The fourth-order valence-corrected chi connectivity index (χ4v) is 3.89. The second kappa shape index (κ2) is 7.00. The lowest BCUT2D eigenvalue weighted by Gasteiger charge is -2.19. The summed E-state index contributed by atoms with van der Waals surface area (Å²) in [4.78, 5) is 0. The molecule has 7 nitrogen and oxygen atoms in total. The molecule has 1 N–H and O–H groups in total. The minimum absolute atomic E-state index is 0.118. The lowest BCUT2D eigenvalue weighted by molar-refractivity contribution is 0.433. The van der Waals surface area contributed by atoms with E-state index in [9.17, 15) is 8.42 Å². The van der Waals surface area contributed by atoms with E-state index in [1.165, 1.54) is 4.31 Å². The van der Waals surface area contributed by atoms with Crippen molar-refractivity contribution in [1.82, 2.24) is 23.8 Å². The molecule has 0 atom stereocenters. The van der Waals surface area contributed by atoms with Gasteiger partial charge in [0.05, 0.1) is 6.54 Å². The summed E-state index contributed by atoms with van der Waals surface area (Å²) in [7, 11) is -3.51. The number of hydrogen-bond acceptors (Lipinski definition) is 4. The Bertz CT molecular complexity index is 780. The lowest BCUT2D eigenvalue weighted by Crippen LogP contribution is -2.40. The maximum atomic E-state index is 12.3. The van der Waals surface area contributed by atoms with E-state index in [1.54, 1.807) is 0 Å². The molecule has 1 heterocycles. The van der Waals surface area contributed by atoms with Crippen molar-refractivity contribution >= 4 is 10.2 Å². The van der Waals surface area contributed by atoms with Crippen molar-refractivity contribution in [3.63, 3.8) is 0 Å². The summed E-state index contributed by atoms with van der Waals surface area (Å²) in [6, 6.07) is 9.83. The molecule has 0 unspecified atom stereocenters. The molecule has 1 aromatic carbocycles. The van der Waals surface area contributed by atoms with Crippen LogP contribution in [0.25, 0.3) is 5.69 Å². The van der Waals surface area contributed by atoms with Crippen LogP contribution in [0, 0.1) is 0 Å². The Hall–Kier alpha value is -1.77. The van der Waals surface area contributed by atoms with Crippen LogP contribution in [0.5, 0.6) is 0 Å². The third kappa shape index (κ3) is 3.50. The summed E-state index contributed by atoms with van der Waals surface area (Å²) in [5.41, 5.74) is 0.960. The standard InChI is InChI=1S/C16H23N5O2S/c1-3-20(4-2)24(22,23)17-12-15-18-19-16(13-10-11-13)21(15)14-8-6-5-7-9-14/h5-9,13,17H,3-4,10-12H2,1-2H3. The molecule has 0 saturated heterocycles. The van der Waals surface area contributed by atoms with Crippen LogP contribution in [0.15, 0.2) is 30.3 Å². The number of hydrogen-bond donors (Lipinski definition) is 1. The minimum atomic E-state index is -3.51. The van der Waals surface area contributed by atoms with Crippen LogP contribution in [0.1, 0.15) is 44.3 Å². The molecule has 2 aromatic rings. The van der Waals surface area contributed by atoms with Gasteiger partial charge in [-0.05, 0) is 25.0 Å². The highest BCUT2D eigenvalue weighted by atomic mass is 32.2. The first-order valence-corrected chi connectivity index (χ1v) is 9.75. The van der Waals surface area contributed by atoms with Gasteiger partial charge in [-0.3, -0.25) is 4.57 Å². The molecule has 1 saturated carbocycles. The van der Waals surface area contributed by atoms with Crippen LogP contribution in [-0.4, -0.2) is 40.6 Å². The summed E-state index contributed by atoms with van der Waals surface area (Å²) < 4.78 is 30.6. The number of para-hydroxylation sites is 1. The van der Waals surface area contributed by atoms with Crippen LogP contribution < -0.4 is 4.72 Å². The van der Waals surface area contributed by atoms with Gasteiger partial charge in [-0.25, -0.2) is 0 Å². The molecule has 8 heteroatoms. The van der Waals surface area contributed by atoms with Crippen LogP contribution >= 0.6 is 0 Å². The van der Waals surface area contributed by atoms with Gasteiger partial charge in [0.15, 0.2) is 5.82 Å². The first kappa shape index (κ1) is 17.1. The van der Waals surface area contributed by atoms with E-state index in [0.717, 1.165) is 24.4 Å². The first-order valence-electron chi connectivity index (χ1n) is 8.31. The highest BCUT2D eigenvalue weighted by molar-refractivity contribution is 7.87. The van der Waals surface area contributed by atoms with Crippen LogP contribution in [0.4, 0.5) is 0 Å². The van der Waals surface area contributed by atoms with Crippen molar-refractivity contribution in [2.75, 3.05) is 13.1 Å². The molecule has 0 amide bonds. The molecule has 1 aliphatic carbocycles. The summed E-state index contributed by atoms with van der Waals surface area (Å²) in [6.45, 7) is 4.63. The van der Waals surface area contributed by atoms with E-state index in [2.05, 4.69) is 14.9 Å². The average molecular weight is 349 g/mol. The summed E-state index contributed by atoms with van der Waals surface area (Å²) >= 11 is 0. The molecule has 1 aliphatic rings. The van der Waals surface area contributed by atoms with E-state index >= 15 is 0 Å². The highest BCUT2D eigenvalue weighted by Gasteiger charge is 2.31. The van der Waals surface area contributed by atoms with Crippen molar-refractivity contribution < 1.29 is 8.42 Å². The second-order valence-electron chi connectivity index (χ2n) is 5.83. The third-order valence-electron chi connectivity index (χ3n) is 4.17. The molecular formula is C16H23N5O2S. The van der Waals surface area contributed by atoms with Gasteiger partial charge in [-0.2, -0.15) is 17.4 Å². The maximum Gasteiger partial charge on any atom is 0.279 e. The Morgan fingerprint density at radius 2 is 1.83 bits per heavy atom. The van der Waals surface area contributed by atoms with Crippen molar-refractivity contribution in [1.29, 1.82) is 0 Å². The fraction of sp³-hybridized carbons (Fsp3) is 0.500. The third-order valence-corrected chi connectivity index (χ3v) is 5.88. The number of benzene rings is 1.